The predicted octanol–water partition coefficient (Wildman–Crippen LogP) is 12.9. The van der Waals surface area contributed by atoms with E-state index in [-0.39, 0.29) is 0 Å². The van der Waals surface area contributed by atoms with E-state index < -0.39 is 8.07 Å². The van der Waals surface area contributed by atoms with Crippen molar-refractivity contribution < 1.29 is 0 Å². The number of nitrogens with zero attached hydrogens (tertiary/aromatic N) is 7. The van der Waals surface area contributed by atoms with Crippen LogP contribution in [0.2, 0.25) is 0 Å². The fraction of sp³-hybridized carbons (Fsp3) is 0. The maximum Gasteiger partial charge on any atom is 0.241 e. The second-order valence-corrected chi connectivity index (χ2v) is 21.7. The number of hydrogen-bond acceptors (Lipinski definition) is 7. The molecule has 0 saturated carbocycles. The van der Waals surface area contributed by atoms with Gasteiger partial charge in [-0.2, -0.15) is 19.9 Å². The van der Waals surface area contributed by atoms with Gasteiger partial charge in [0.15, 0.2) is 31.4 Å². The Kier molecular flexibility index (Phi) is 12.6. The summed E-state index contributed by atoms with van der Waals surface area (Å²) >= 11 is 0. The highest BCUT2D eigenvalue weighted by atomic mass is 28.3. The lowest BCUT2D eigenvalue weighted by atomic mass is 10.1. The molecular formula is C66H47N7Si. The molecule has 0 N–H and O–H groups in total. The molecule has 0 spiro atoms. The monoisotopic (exact) mass is 965 g/mol. The Labute approximate surface area is 432 Å². The van der Waals surface area contributed by atoms with Crippen LogP contribution in [0, 0.1) is 0 Å². The Bertz CT molecular complexity index is 3500. The molecule has 2 aromatic heterocycles. The largest absolute Gasteiger partial charge is 0.246 e. The van der Waals surface area contributed by atoms with Crippen molar-refractivity contribution in [1.29, 1.82) is 0 Å². The molecule has 0 aliphatic heterocycles. The van der Waals surface area contributed by atoms with E-state index in [1.807, 2.05) is 126 Å². The minimum atomic E-state index is -2.81. The van der Waals surface area contributed by atoms with E-state index in [0.29, 0.717) is 35.2 Å². The van der Waals surface area contributed by atoms with Gasteiger partial charge in [-0.05, 0) is 55.1 Å². The van der Waals surface area contributed by atoms with Crippen molar-refractivity contribution in [2.24, 2.45) is 0 Å². The second kappa shape index (κ2) is 20.5. The molecule has 7 nitrogen and oxygen atoms in total. The minimum Gasteiger partial charge on any atom is -0.246 e. The van der Waals surface area contributed by atoms with Crippen LogP contribution in [0.15, 0.2) is 285 Å². The standard InChI is InChI=1S/C66H47N7Si/c1-8-22-48(23-9-1)50-38-44-59(45-39-50)74(57-32-18-6-19-33-57,58-34-20-7-21-35-58)60-46-40-51(41-47-60)49-36-42-56(43-37-49)73(65-69-61(52-24-10-2-11-25-52)67-62(70-65)53-26-12-3-13-27-53)66-71-63(54-28-14-4-15-29-54)68-64(72-66)55-30-16-5-17-31-55/h1-47H. The Morgan fingerprint density at radius 2 is 0.432 bits per heavy atom. The van der Waals surface area contributed by atoms with E-state index in [4.69, 9.17) is 29.9 Å². The van der Waals surface area contributed by atoms with Crippen molar-refractivity contribution >= 4 is 46.4 Å². The van der Waals surface area contributed by atoms with Gasteiger partial charge in [-0.25, -0.2) is 14.9 Å². The Morgan fingerprint density at radius 3 is 0.730 bits per heavy atom. The molecule has 10 aromatic carbocycles. The molecule has 0 fully saturated rings. The van der Waals surface area contributed by atoms with Crippen LogP contribution in [0.5, 0.6) is 0 Å². The van der Waals surface area contributed by atoms with E-state index in [1.54, 1.807) is 0 Å². The third kappa shape index (κ3) is 9.09. The van der Waals surface area contributed by atoms with Crippen LogP contribution in [-0.2, 0) is 0 Å². The van der Waals surface area contributed by atoms with Crippen LogP contribution >= 0.6 is 0 Å². The van der Waals surface area contributed by atoms with Crippen molar-refractivity contribution in [3.63, 3.8) is 0 Å². The lowest BCUT2D eigenvalue weighted by Crippen LogP contribution is -2.74. The lowest BCUT2D eigenvalue weighted by molar-refractivity contribution is 0.964. The highest BCUT2D eigenvalue weighted by Gasteiger charge is 2.41. The second-order valence-electron chi connectivity index (χ2n) is 17.9. The molecule has 0 amide bonds. The van der Waals surface area contributed by atoms with E-state index in [2.05, 4.69) is 164 Å². The summed E-state index contributed by atoms with van der Waals surface area (Å²) in [5.41, 5.74) is 8.72. The molecule has 12 rings (SSSR count). The molecule has 8 heteroatoms. The van der Waals surface area contributed by atoms with Crippen LogP contribution in [0.4, 0.5) is 17.6 Å². The van der Waals surface area contributed by atoms with Crippen molar-refractivity contribution in [2.75, 3.05) is 4.90 Å². The molecule has 0 atom stereocenters. The molecule has 0 unspecified atom stereocenters. The average molecular weight is 966 g/mol. The van der Waals surface area contributed by atoms with Gasteiger partial charge in [0.25, 0.3) is 0 Å². The van der Waals surface area contributed by atoms with Gasteiger partial charge in [-0.15, -0.1) is 0 Å². The van der Waals surface area contributed by atoms with E-state index in [0.717, 1.165) is 39.1 Å². The predicted molar refractivity (Wildman–Crippen MR) is 304 cm³/mol. The Hall–Kier alpha value is -9.76. The first-order chi connectivity index (χ1) is 36.7. The molecule has 0 bridgehead atoms. The summed E-state index contributed by atoms with van der Waals surface area (Å²) in [6.07, 6.45) is 0. The fourth-order valence-electron chi connectivity index (χ4n) is 9.75. The topological polar surface area (TPSA) is 80.6 Å². The highest BCUT2D eigenvalue weighted by molar-refractivity contribution is 7.19. The van der Waals surface area contributed by atoms with Crippen LogP contribution in [0.1, 0.15) is 0 Å². The third-order valence-electron chi connectivity index (χ3n) is 13.4. The van der Waals surface area contributed by atoms with Gasteiger partial charge in [0.1, 0.15) is 0 Å². The van der Waals surface area contributed by atoms with Gasteiger partial charge in [0.2, 0.25) is 11.9 Å². The number of aromatic nitrogens is 6. The Balaban J connectivity index is 0.993. The van der Waals surface area contributed by atoms with Crippen molar-refractivity contribution in [2.45, 2.75) is 0 Å². The molecular weight excluding hydrogens is 919 g/mol. The summed E-state index contributed by atoms with van der Waals surface area (Å²) < 4.78 is 0. The zero-order valence-corrected chi connectivity index (χ0v) is 41.3. The summed E-state index contributed by atoms with van der Waals surface area (Å²) in [7, 11) is -2.81. The number of anilines is 3. The van der Waals surface area contributed by atoms with Gasteiger partial charge in [0.05, 0.1) is 5.69 Å². The van der Waals surface area contributed by atoms with Crippen molar-refractivity contribution in [3.05, 3.63) is 285 Å². The molecule has 74 heavy (non-hydrogen) atoms. The van der Waals surface area contributed by atoms with Gasteiger partial charge in [-0.3, -0.25) is 0 Å². The lowest BCUT2D eigenvalue weighted by Gasteiger charge is -2.34. The summed E-state index contributed by atoms with van der Waals surface area (Å²) in [6.45, 7) is 0. The SMILES string of the molecule is c1ccc(-c2ccc([Si](c3ccccc3)(c3ccccc3)c3ccc(-c4ccc(N(c5nc(-c6ccccc6)nc(-c6ccccc6)n5)c5nc(-c6ccccc6)nc(-c6ccccc6)n5)cc4)cc3)cc2)cc1. The van der Waals surface area contributed by atoms with Crippen molar-refractivity contribution in [3.8, 4) is 67.8 Å². The van der Waals surface area contributed by atoms with E-state index in [1.165, 1.54) is 31.9 Å². The zero-order valence-electron chi connectivity index (χ0n) is 40.3. The molecule has 0 saturated heterocycles. The summed E-state index contributed by atoms with van der Waals surface area (Å²) in [6, 6.07) is 99.6. The first-order valence-electron chi connectivity index (χ1n) is 24.7. The van der Waals surface area contributed by atoms with Crippen LogP contribution in [0.25, 0.3) is 67.8 Å². The van der Waals surface area contributed by atoms with Gasteiger partial charge < -0.3 is 0 Å². The van der Waals surface area contributed by atoms with E-state index in [9.17, 15) is 0 Å². The number of rotatable bonds is 13. The molecule has 2 heterocycles. The van der Waals surface area contributed by atoms with Crippen LogP contribution in [-0.4, -0.2) is 38.0 Å². The smallest absolute Gasteiger partial charge is 0.241 e. The zero-order chi connectivity index (χ0) is 49.5. The highest BCUT2D eigenvalue weighted by Crippen LogP contribution is 2.36. The first kappa shape index (κ1) is 45.4. The van der Waals surface area contributed by atoms with E-state index >= 15 is 0 Å². The maximum absolute atomic E-state index is 5.20. The van der Waals surface area contributed by atoms with Crippen LogP contribution in [0.3, 0.4) is 0 Å². The van der Waals surface area contributed by atoms with Gasteiger partial charge in [0, 0.05) is 22.3 Å². The average Bonchev–Trinajstić information content (AvgIpc) is 3.50. The molecule has 350 valence electrons. The summed E-state index contributed by atoms with van der Waals surface area (Å²) in [5, 5.41) is 5.26. The number of hydrogen-bond donors (Lipinski definition) is 0. The first-order valence-corrected chi connectivity index (χ1v) is 26.7. The maximum atomic E-state index is 5.20. The molecule has 0 aliphatic rings. The Morgan fingerprint density at radius 1 is 0.203 bits per heavy atom. The summed E-state index contributed by atoms with van der Waals surface area (Å²) in [5.74, 6) is 2.81. The van der Waals surface area contributed by atoms with Gasteiger partial charge in [-0.1, -0.05) is 273 Å². The van der Waals surface area contributed by atoms with Crippen molar-refractivity contribution in [1.82, 2.24) is 29.9 Å². The number of benzene rings is 10. The normalized spacial score (nSPS) is 11.2. The minimum absolute atomic E-state index is 0.360. The third-order valence-corrected chi connectivity index (χ3v) is 18.2. The summed E-state index contributed by atoms with van der Waals surface area (Å²) in [4.78, 5) is 32.8. The van der Waals surface area contributed by atoms with Gasteiger partial charge >= 0.3 is 0 Å². The fourth-order valence-corrected chi connectivity index (χ4v) is 14.5. The van der Waals surface area contributed by atoms with Crippen LogP contribution < -0.4 is 25.6 Å². The quantitative estimate of drug-likeness (QED) is 0.0841. The molecule has 12 aromatic rings. The molecule has 0 aliphatic carbocycles. The molecule has 0 radical (unpaired) electrons.